The van der Waals surface area contributed by atoms with E-state index in [1.807, 2.05) is 54.6 Å². The SMILES string of the molecule is CC1(C)c2ccccc2-c2ccc(N(c3ccccc3)c3ccc4c(c3)sc3cccc(-c5nc(-c6ccccc6)nc(-c6ccc7c(c6)oc6ccccc67)n5)c34)cc21. The highest BCUT2D eigenvalue weighted by atomic mass is 32.1. The Labute approximate surface area is 350 Å². The van der Waals surface area contributed by atoms with Crippen LogP contribution in [-0.4, -0.2) is 15.0 Å². The van der Waals surface area contributed by atoms with Crippen molar-refractivity contribution >= 4 is 70.5 Å². The molecule has 0 aliphatic heterocycles. The van der Waals surface area contributed by atoms with Crippen LogP contribution in [0.4, 0.5) is 17.1 Å². The molecule has 12 rings (SSSR count). The maximum Gasteiger partial charge on any atom is 0.164 e. The van der Waals surface area contributed by atoms with Crippen LogP contribution < -0.4 is 4.90 Å². The number of rotatable bonds is 6. The third kappa shape index (κ3) is 5.41. The van der Waals surface area contributed by atoms with Crippen LogP contribution in [0.2, 0.25) is 0 Å². The van der Waals surface area contributed by atoms with E-state index in [-0.39, 0.29) is 5.41 Å². The van der Waals surface area contributed by atoms with Crippen LogP contribution in [0.5, 0.6) is 0 Å². The molecule has 0 spiro atoms. The van der Waals surface area contributed by atoms with Gasteiger partial charge in [-0.25, -0.2) is 15.0 Å². The Morgan fingerprint density at radius 2 is 1.08 bits per heavy atom. The van der Waals surface area contributed by atoms with Gasteiger partial charge in [-0.3, -0.25) is 0 Å². The first-order valence-electron chi connectivity index (χ1n) is 20.3. The zero-order valence-electron chi connectivity index (χ0n) is 32.9. The fourth-order valence-electron chi connectivity index (χ4n) is 9.20. The molecule has 11 aromatic rings. The second-order valence-electron chi connectivity index (χ2n) is 16.0. The van der Waals surface area contributed by atoms with Crippen molar-refractivity contribution < 1.29 is 4.42 Å². The summed E-state index contributed by atoms with van der Waals surface area (Å²) in [6.07, 6.45) is 0. The molecule has 1 aliphatic rings. The van der Waals surface area contributed by atoms with Crippen LogP contribution >= 0.6 is 11.3 Å². The first kappa shape index (κ1) is 34.6. The van der Waals surface area contributed by atoms with Crippen molar-refractivity contribution in [3.05, 3.63) is 193 Å². The molecule has 0 saturated heterocycles. The molecule has 3 aromatic heterocycles. The molecule has 0 saturated carbocycles. The van der Waals surface area contributed by atoms with Gasteiger partial charge in [0.2, 0.25) is 0 Å². The molecule has 0 fully saturated rings. The van der Waals surface area contributed by atoms with Gasteiger partial charge in [0.15, 0.2) is 17.5 Å². The topological polar surface area (TPSA) is 55.1 Å². The van der Waals surface area contributed by atoms with E-state index >= 15 is 0 Å². The summed E-state index contributed by atoms with van der Waals surface area (Å²) in [5.41, 5.74) is 13.0. The molecule has 5 nitrogen and oxygen atoms in total. The molecule has 6 heteroatoms. The van der Waals surface area contributed by atoms with Crippen molar-refractivity contribution in [2.24, 2.45) is 0 Å². The van der Waals surface area contributed by atoms with Gasteiger partial charge >= 0.3 is 0 Å². The van der Waals surface area contributed by atoms with Crippen molar-refractivity contribution in [2.75, 3.05) is 4.90 Å². The molecule has 284 valence electrons. The molecule has 0 unspecified atom stereocenters. The van der Waals surface area contributed by atoms with Gasteiger partial charge in [0.05, 0.1) is 0 Å². The normalized spacial score (nSPS) is 13.0. The summed E-state index contributed by atoms with van der Waals surface area (Å²) in [6, 6.07) is 64.3. The number of aromatic nitrogens is 3. The van der Waals surface area contributed by atoms with Crippen LogP contribution in [0.1, 0.15) is 25.0 Å². The minimum absolute atomic E-state index is 0.106. The first-order chi connectivity index (χ1) is 29.5. The number of hydrogen-bond donors (Lipinski definition) is 0. The number of hydrogen-bond acceptors (Lipinski definition) is 6. The van der Waals surface area contributed by atoms with Crippen LogP contribution in [0, 0.1) is 0 Å². The van der Waals surface area contributed by atoms with Gasteiger partial charge in [0, 0.05) is 70.1 Å². The second kappa shape index (κ2) is 13.3. The largest absolute Gasteiger partial charge is 0.456 e. The van der Waals surface area contributed by atoms with E-state index in [0.29, 0.717) is 17.5 Å². The van der Waals surface area contributed by atoms with E-state index in [9.17, 15) is 0 Å². The molecule has 0 bridgehead atoms. The Morgan fingerprint density at radius 1 is 0.433 bits per heavy atom. The van der Waals surface area contributed by atoms with E-state index in [0.717, 1.165) is 61.1 Å². The number of nitrogens with zero attached hydrogens (tertiary/aromatic N) is 4. The lowest BCUT2D eigenvalue weighted by Crippen LogP contribution is -2.16. The summed E-state index contributed by atoms with van der Waals surface area (Å²) in [6.45, 7) is 4.68. The molecule has 0 N–H and O–H groups in total. The van der Waals surface area contributed by atoms with Crippen LogP contribution in [0.15, 0.2) is 186 Å². The summed E-state index contributed by atoms with van der Waals surface area (Å²) in [5.74, 6) is 1.85. The summed E-state index contributed by atoms with van der Waals surface area (Å²) in [5, 5.41) is 4.46. The summed E-state index contributed by atoms with van der Waals surface area (Å²) in [7, 11) is 0. The summed E-state index contributed by atoms with van der Waals surface area (Å²) >= 11 is 1.80. The van der Waals surface area contributed by atoms with E-state index in [2.05, 4.69) is 146 Å². The minimum atomic E-state index is -0.106. The molecule has 8 aromatic carbocycles. The van der Waals surface area contributed by atoms with Crippen molar-refractivity contribution in [1.29, 1.82) is 0 Å². The lowest BCUT2D eigenvalue weighted by Gasteiger charge is -2.28. The van der Waals surface area contributed by atoms with Crippen LogP contribution in [0.3, 0.4) is 0 Å². The highest BCUT2D eigenvalue weighted by Gasteiger charge is 2.35. The first-order valence-corrected chi connectivity index (χ1v) is 21.1. The molecular formula is C54H36N4OS. The van der Waals surface area contributed by atoms with Gasteiger partial charge in [-0.1, -0.05) is 135 Å². The maximum atomic E-state index is 6.29. The second-order valence-corrected chi connectivity index (χ2v) is 17.1. The maximum absolute atomic E-state index is 6.29. The summed E-state index contributed by atoms with van der Waals surface area (Å²) in [4.78, 5) is 17.8. The number of furan rings is 1. The third-order valence-corrected chi connectivity index (χ3v) is 13.2. The molecular weight excluding hydrogens is 753 g/mol. The van der Waals surface area contributed by atoms with Crippen molar-refractivity contribution in [3.8, 4) is 45.3 Å². The number of anilines is 3. The zero-order valence-corrected chi connectivity index (χ0v) is 33.7. The van der Waals surface area contributed by atoms with Gasteiger partial charge in [-0.15, -0.1) is 11.3 Å². The lowest BCUT2D eigenvalue weighted by molar-refractivity contribution is 0.660. The fourth-order valence-corrected chi connectivity index (χ4v) is 10.4. The van der Waals surface area contributed by atoms with Gasteiger partial charge < -0.3 is 9.32 Å². The molecule has 0 radical (unpaired) electrons. The standard InChI is InChI=1S/C54H36N4OS/c1-54(2)44-21-11-9-18-38(44)39-28-25-36(31-45(39)54)58(35-16-7-4-8-17-35)37-26-29-42-49(32-37)60-48-23-13-20-43(50(42)48)53-56-51(33-14-5-3-6-15-33)55-52(57-53)34-24-27-41-40-19-10-12-22-46(40)59-47(41)30-34/h3-32H,1-2H3. The van der Waals surface area contributed by atoms with Crippen molar-refractivity contribution in [2.45, 2.75) is 19.3 Å². The number of para-hydroxylation sites is 2. The van der Waals surface area contributed by atoms with E-state index in [1.165, 1.54) is 37.0 Å². The van der Waals surface area contributed by atoms with Crippen LogP contribution in [-0.2, 0) is 5.41 Å². The van der Waals surface area contributed by atoms with Crippen molar-refractivity contribution in [3.63, 3.8) is 0 Å². The summed E-state index contributed by atoms with van der Waals surface area (Å²) < 4.78 is 8.66. The zero-order chi connectivity index (χ0) is 40.0. The Kier molecular flexibility index (Phi) is 7.68. The van der Waals surface area contributed by atoms with Gasteiger partial charge in [0.25, 0.3) is 0 Å². The Balaban J connectivity index is 1.00. The predicted octanol–water partition coefficient (Wildman–Crippen LogP) is 14.9. The molecule has 1 aliphatic carbocycles. The Morgan fingerprint density at radius 3 is 1.95 bits per heavy atom. The lowest BCUT2D eigenvalue weighted by atomic mass is 9.82. The number of benzene rings is 8. The van der Waals surface area contributed by atoms with Crippen molar-refractivity contribution in [1.82, 2.24) is 15.0 Å². The minimum Gasteiger partial charge on any atom is -0.456 e. The molecule has 0 atom stereocenters. The monoisotopic (exact) mass is 788 g/mol. The number of thiophene rings is 1. The highest BCUT2D eigenvalue weighted by molar-refractivity contribution is 7.26. The molecule has 60 heavy (non-hydrogen) atoms. The smallest absolute Gasteiger partial charge is 0.164 e. The Hall–Kier alpha value is -7.41. The fraction of sp³-hybridized carbons (Fsp3) is 0.0556. The van der Waals surface area contributed by atoms with Gasteiger partial charge in [0.1, 0.15) is 11.2 Å². The number of fused-ring (bicyclic) bond motifs is 9. The van der Waals surface area contributed by atoms with Gasteiger partial charge in [-0.2, -0.15) is 0 Å². The molecule has 3 heterocycles. The molecule has 0 amide bonds. The Bertz CT molecular complexity index is 3480. The average Bonchev–Trinajstić information content (AvgIpc) is 3.94. The van der Waals surface area contributed by atoms with E-state index in [4.69, 9.17) is 19.4 Å². The van der Waals surface area contributed by atoms with E-state index in [1.54, 1.807) is 11.3 Å². The third-order valence-electron chi connectivity index (χ3n) is 12.1. The quantitative estimate of drug-likeness (QED) is 0.168. The van der Waals surface area contributed by atoms with E-state index < -0.39 is 0 Å². The van der Waals surface area contributed by atoms with Crippen LogP contribution in [0.25, 0.3) is 87.4 Å². The van der Waals surface area contributed by atoms with Gasteiger partial charge in [-0.05, 0) is 82.9 Å². The highest BCUT2D eigenvalue weighted by Crippen LogP contribution is 2.51. The predicted molar refractivity (Wildman–Crippen MR) is 249 cm³/mol. The average molecular weight is 789 g/mol.